The van der Waals surface area contributed by atoms with Crippen LogP contribution in [-0.4, -0.2) is 71.0 Å². The van der Waals surface area contributed by atoms with Gasteiger partial charge < -0.3 is 5.32 Å². The molecule has 0 amide bonds. The first-order valence-corrected chi connectivity index (χ1v) is 14.0. The molecule has 10 heteroatoms. The largest absolute Gasteiger partial charge is 0.311 e. The topological polar surface area (TPSA) is 96.5 Å². The molecule has 1 N–H and O–H groups in total. The van der Waals surface area contributed by atoms with Crippen molar-refractivity contribution in [1.29, 1.82) is 0 Å². The lowest BCUT2D eigenvalue weighted by Gasteiger charge is -2.00. The second-order valence-electron chi connectivity index (χ2n) is 7.70. The van der Waals surface area contributed by atoms with Gasteiger partial charge >= 0.3 is 0 Å². The maximum Gasteiger partial charge on any atom is 0.299 e. The monoisotopic (exact) mass is 487 g/mol. The molecule has 0 bridgehead atoms. The molecule has 7 nitrogen and oxygen atoms in total. The fourth-order valence-electron chi connectivity index (χ4n) is 2.75. The molecular weight excluding hydrogens is 458 g/mol. The third-order valence-electron chi connectivity index (χ3n) is 4.66. The van der Waals surface area contributed by atoms with E-state index in [0.29, 0.717) is 6.54 Å². The number of rotatable bonds is 6. The van der Waals surface area contributed by atoms with Crippen LogP contribution in [0.15, 0.2) is 60.7 Å². The van der Waals surface area contributed by atoms with E-state index in [-0.39, 0.29) is 6.04 Å². The highest BCUT2D eigenvalue weighted by molar-refractivity contribution is 8.11. The lowest BCUT2D eigenvalue weighted by molar-refractivity contribution is 0.537. The number of halogens is 1. The van der Waals surface area contributed by atoms with Gasteiger partial charge in [-0.15, -0.1) is 0 Å². The molecule has 0 spiro atoms. The van der Waals surface area contributed by atoms with Crippen LogP contribution in [-0.2, 0) is 32.1 Å². The molecule has 3 atom stereocenters. The molecule has 2 saturated heterocycles. The van der Waals surface area contributed by atoms with E-state index < -0.39 is 19.3 Å². The number of hydrogen-bond donors (Lipinski definition) is 1. The third kappa shape index (κ3) is 10.6. The summed E-state index contributed by atoms with van der Waals surface area (Å²) in [5.41, 5.74) is 2.64. The first kappa shape index (κ1) is 25.8. The summed E-state index contributed by atoms with van der Waals surface area (Å²) in [6.07, 6.45) is 3.28. The molecular formula is C21H30ClN3O4S2. The van der Waals surface area contributed by atoms with Crippen LogP contribution in [0.5, 0.6) is 0 Å². The lowest BCUT2D eigenvalue weighted by Crippen LogP contribution is -2.15. The van der Waals surface area contributed by atoms with Crippen LogP contribution >= 0.6 is 10.7 Å². The third-order valence-corrected chi connectivity index (χ3v) is 7.66. The van der Waals surface area contributed by atoms with E-state index in [0.717, 1.165) is 16.8 Å². The van der Waals surface area contributed by atoms with Gasteiger partial charge in [0.25, 0.3) is 9.24 Å². The second kappa shape index (κ2) is 11.4. The van der Waals surface area contributed by atoms with Crippen molar-refractivity contribution in [2.45, 2.75) is 24.9 Å². The minimum Gasteiger partial charge on any atom is -0.311 e. The van der Waals surface area contributed by atoms with Crippen LogP contribution in [0.3, 0.4) is 0 Å². The Morgan fingerprint density at radius 1 is 0.935 bits per heavy atom. The predicted molar refractivity (Wildman–Crippen MR) is 126 cm³/mol. The zero-order chi connectivity index (χ0) is 23.1. The highest BCUT2D eigenvalue weighted by Crippen LogP contribution is 2.24. The summed E-state index contributed by atoms with van der Waals surface area (Å²) in [4.78, 5) is 0. The van der Waals surface area contributed by atoms with Gasteiger partial charge in [-0.1, -0.05) is 60.7 Å². The fourth-order valence-corrected chi connectivity index (χ4v) is 3.80. The summed E-state index contributed by atoms with van der Waals surface area (Å²) in [7, 11) is 1.09. The molecule has 4 rings (SSSR count). The normalized spacial score (nSPS) is 21.9. The molecule has 0 saturated carbocycles. The maximum absolute atomic E-state index is 11.1. The van der Waals surface area contributed by atoms with E-state index in [2.05, 4.69) is 35.6 Å². The van der Waals surface area contributed by atoms with Crippen molar-refractivity contribution in [1.82, 2.24) is 13.9 Å². The zero-order valence-corrected chi connectivity index (χ0v) is 20.4. The van der Waals surface area contributed by atoms with Crippen molar-refractivity contribution in [3.05, 3.63) is 71.8 Å². The SMILES string of the molecule is CN(C)S(=O)(=O)Cl.CS(=O)(=O)N1C[C@@H]1Cc1ccccc1.c1ccc(C[C@H]2CN2)cc1. The summed E-state index contributed by atoms with van der Waals surface area (Å²) in [6, 6.07) is 21.5. The average Bonchev–Trinajstić information content (AvgIpc) is 3.60. The maximum atomic E-state index is 11.1. The first-order chi connectivity index (χ1) is 14.5. The Labute approximate surface area is 190 Å². The van der Waals surface area contributed by atoms with Gasteiger partial charge in [0.1, 0.15) is 0 Å². The Morgan fingerprint density at radius 3 is 1.68 bits per heavy atom. The van der Waals surface area contributed by atoms with Gasteiger partial charge in [-0.2, -0.15) is 17.0 Å². The minimum atomic E-state index is -3.44. The number of nitrogens with zero attached hydrogens (tertiary/aromatic N) is 2. The van der Waals surface area contributed by atoms with Crippen LogP contribution in [0, 0.1) is 0 Å². The Balaban J connectivity index is 0.000000177. The van der Waals surface area contributed by atoms with Crippen LogP contribution in [0.25, 0.3) is 0 Å². The molecule has 0 aromatic heterocycles. The predicted octanol–water partition coefficient (Wildman–Crippen LogP) is 2.11. The van der Waals surface area contributed by atoms with Gasteiger partial charge in [0.15, 0.2) is 0 Å². The van der Waals surface area contributed by atoms with Gasteiger partial charge in [0.2, 0.25) is 10.0 Å². The molecule has 172 valence electrons. The Morgan fingerprint density at radius 2 is 1.35 bits per heavy atom. The minimum absolute atomic E-state index is 0.187. The van der Waals surface area contributed by atoms with Crippen molar-refractivity contribution in [2.24, 2.45) is 0 Å². The summed E-state index contributed by atoms with van der Waals surface area (Å²) in [5.74, 6) is 0. The number of hydrogen-bond acceptors (Lipinski definition) is 5. The molecule has 2 aromatic carbocycles. The second-order valence-corrected chi connectivity index (χ2v) is 12.4. The molecule has 2 aliphatic rings. The Hall–Kier alpha value is -1.49. The van der Waals surface area contributed by atoms with Gasteiger partial charge in [-0.25, -0.2) is 8.42 Å². The first-order valence-electron chi connectivity index (χ1n) is 9.87. The Kier molecular flexibility index (Phi) is 9.47. The molecule has 0 aliphatic carbocycles. The highest BCUT2D eigenvalue weighted by atomic mass is 35.7. The van der Waals surface area contributed by atoms with Crippen molar-refractivity contribution in [3.63, 3.8) is 0 Å². The van der Waals surface area contributed by atoms with Crippen molar-refractivity contribution in [3.8, 4) is 0 Å². The molecule has 0 radical (unpaired) electrons. The smallest absolute Gasteiger partial charge is 0.299 e. The fraction of sp³-hybridized carbons (Fsp3) is 0.429. The van der Waals surface area contributed by atoms with Gasteiger partial charge in [0, 0.05) is 50.0 Å². The summed E-state index contributed by atoms with van der Waals surface area (Å²) in [5, 5.41) is 3.28. The van der Waals surface area contributed by atoms with Crippen LogP contribution in [0.2, 0.25) is 0 Å². The molecule has 31 heavy (non-hydrogen) atoms. The summed E-state index contributed by atoms with van der Waals surface area (Å²) < 4.78 is 44.7. The average molecular weight is 488 g/mol. The standard InChI is InChI=1S/C10H13NO2S.C9H11N.C2H6ClNO2S/c1-14(12,13)11-8-10(11)7-9-5-3-2-4-6-9;1-2-4-8(5-3-1)6-9-7-10-9;1-4(2)7(3,5)6/h2-6,10H,7-8H2,1H3;1-5,9-10H,6-7H2;1-2H3/t10-,11?;9-;/m00./s1. The van der Waals surface area contributed by atoms with Crippen molar-refractivity contribution in [2.75, 3.05) is 33.4 Å². The molecule has 1 unspecified atom stereocenters. The molecule has 2 heterocycles. The molecule has 2 fully saturated rings. The van der Waals surface area contributed by atoms with Crippen molar-refractivity contribution >= 4 is 29.9 Å². The van der Waals surface area contributed by atoms with Gasteiger partial charge in [-0.05, 0) is 24.0 Å². The van der Waals surface area contributed by atoms with E-state index in [4.69, 9.17) is 10.7 Å². The summed E-state index contributed by atoms with van der Waals surface area (Å²) >= 11 is 0. The molecule has 2 aliphatic heterocycles. The van der Waals surface area contributed by atoms with E-state index in [1.54, 1.807) is 0 Å². The van der Waals surface area contributed by atoms with E-state index >= 15 is 0 Å². The van der Waals surface area contributed by atoms with E-state index in [1.807, 2.05) is 30.3 Å². The van der Waals surface area contributed by atoms with Crippen molar-refractivity contribution < 1.29 is 16.8 Å². The van der Waals surface area contributed by atoms with Crippen LogP contribution in [0.1, 0.15) is 11.1 Å². The van der Waals surface area contributed by atoms with Gasteiger partial charge in [0.05, 0.1) is 6.26 Å². The summed E-state index contributed by atoms with van der Waals surface area (Å²) in [6.45, 7) is 1.88. The number of nitrogens with one attached hydrogen (secondary N) is 1. The lowest BCUT2D eigenvalue weighted by atomic mass is 10.1. The van der Waals surface area contributed by atoms with Crippen LogP contribution in [0.4, 0.5) is 0 Å². The Bertz CT molecular complexity index is 1010. The quantitative estimate of drug-likeness (QED) is 0.497. The number of benzene rings is 2. The number of sulfonamides is 1. The van der Waals surface area contributed by atoms with E-state index in [1.165, 1.54) is 48.7 Å². The zero-order valence-electron chi connectivity index (χ0n) is 18.0. The molecule has 2 aromatic rings. The highest BCUT2D eigenvalue weighted by Gasteiger charge is 2.40. The van der Waals surface area contributed by atoms with Crippen LogP contribution < -0.4 is 5.32 Å². The van der Waals surface area contributed by atoms with Gasteiger partial charge in [-0.3, -0.25) is 0 Å². The van der Waals surface area contributed by atoms with E-state index in [9.17, 15) is 16.8 Å².